The van der Waals surface area contributed by atoms with Crippen molar-refractivity contribution in [3.63, 3.8) is 0 Å². The maximum Gasteiger partial charge on any atom is 0.193 e. The molecule has 0 saturated carbocycles. The molecule has 1 atom stereocenters. The maximum atomic E-state index is 13.3. The standard InChI is InChI=1S/C21H30FN5O/c1-23-21(27-9-7-26(8-10-27)14-16-5-11-28-15-16)24-6-4-17-13-25-20-12-18(22)2-3-19(17)20/h2-3,12-13,16,25H,4-11,14-15H2,1H3,(H,23,24). The number of aromatic amines is 1. The second kappa shape index (κ2) is 8.92. The fourth-order valence-electron chi connectivity index (χ4n) is 4.24. The third-order valence-corrected chi connectivity index (χ3v) is 5.83. The Hall–Kier alpha value is -2.12. The van der Waals surface area contributed by atoms with Crippen LogP contribution in [0.2, 0.25) is 0 Å². The normalized spacial score (nSPS) is 21.6. The van der Waals surface area contributed by atoms with E-state index in [1.54, 1.807) is 6.07 Å². The molecule has 0 spiro atoms. The molecule has 1 unspecified atom stereocenters. The predicted molar refractivity (Wildman–Crippen MR) is 110 cm³/mol. The zero-order valence-corrected chi connectivity index (χ0v) is 16.6. The Labute approximate surface area is 165 Å². The Morgan fingerprint density at radius 2 is 2.18 bits per heavy atom. The van der Waals surface area contributed by atoms with Gasteiger partial charge in [-0.05, 0) is 42.5 Å². The molecule has 2 aromatic rings. The molecule has 2 aliphatic rings. The van der Waals surface area contributed by atoms with E-state index in [-0.39, 0.29) is 5.82 Å². The van der Waals surface area contributed by atoms with Crippen molar-refractivity contribution in [2.45, 2.75) is 12.8 Å². The van der Waals surface area contributed by atoms with Gasteiger partial charge in [0.05, 0.1) is 6.61 Å². The van der Waals surface area contributed by atoms with Gasteiger partial charge in [0.1, 0.15) is 5.82 Å². The van der Waals surface area contributed by atoms with Crippen LogP contribution in [-0.4, -0.2) is 80.3 Å². The van der Waals surface area contributed by atoms with Crippen molar-refractivity contribution >= 4 is 16.9 Å². The fourth-order valence-corrected chi connectivity index (χ4v) is 4.24. The van der Waals surface area contributed by atoms with Crippen LogP contribution in [0.5, 0.6) is 0 Å². The van der Waals surface area contributed by atoms with Crippen LogP contribution < -0.4 is 5.32 Å². The highest BCUT2D eigenvalue weighted by Crippen LogP contribution is 2.19. The van der Waals surface area contributed by atoms with Gasteiger partial charge in [0.25, 0.3) is 0 Å². The van der Waals surface area contributed by atoms with Gasteiger partial charge in [0.2, 0.25) is 0 Å². The van der Waals surface area contributed by atoms with Crippen LogP contribution >= 0.6 is 0 Å². The van der Waals surface area contributed by atoms with Crippen LogP contribution in [0.15, 0.2) is 29.4 Å². The van der Waals surface area contributed by atoms with Crippen molar-refractivity contribution in [2.75, 3.05) is 59.5 Å². The minimum absolute atomic E-state index is 0.209. The molecular formula is C21H30FN5O. The first-order valence-corrected chi connectivity index (χ1v) is 10.2. The van der Waals surface area contributed by atoms with Gasteiger partial charge in [0, 0.05) is 70.0 Å². The number of hydrogen-bond acceptors (Lipinski definition) is 3. The van der Waals surface area contributed by atoms with Crippen molar-refractivity contribution in [3.05, 3.63) is 35.8 Å². The van der Waals surface area contributed by atoms with Crippen LogP contribution in [0.1, 0.15) is 12.0 Å². The van der Waals surface area contributed by atoms with E-state index in [1.807, 2.05) is 19.3 Å². The lowest BCUT2D eigenvalue weighted by atomic mass is 10.1. The smallest absolute Gasteiger partial charge is 0.193 e. The lowest BCUT2D eigenvalue weighted by molar-refractivity contribution is 0.139. The van der Waals surface area contributed by atoms with Gasteiger partial charge in [-0.1, -0.05) is 0 Å². The second-order valence-corrected chi connectivity index (χ2v) is 7.75. The molecule has 2 fully saturated rings. The second-order valence-electron chi connectivity index (χ2n) is 7.75. The molecule has 3 heterocycles. The SMILES string of the molecule is CN=C(NCCc1c[nH]c2cc(F)ccc12)N1CCN(CC2CCOC2)CC1. The summed E-state index contributed by atoms with van der Waals surface area (Å²) >= 11 is 0. The molecule has 2 N–H and O–H groups in total. The molecule has 2 saturated heterocycles. The summed E-state index contributed by atoms with van der Waals surface area (Å²) in [5.74, 6) is 1.46. The van der Waals surface area contributed by atoms with Gasteiger partial charge in [-0.15, -0.1) is 0 Å². The first-order valence-electron chi connectivity index (χ1n) is 10.2. The van der Waals surface area contributed by atoms with Gasteiger partial charge >= 0.3 is 0 Å². The Bertz CT molecular complexity index is 806. The molecule has 0 radical (unpaired) electrons. The number of nitrogens with zero attached hydrogens (tertiary/aromatic N) is 3. The Morgan fingerprint density at radius 1 is 1.32 bits per heavy atom. The van der Waals surface area contributed by atoms with Gasteiger partial charge < -0.3 is 19.9 Å². The summed E-state index contributed by atoms with van der Waals surface area (Å²) in [5, 5.41) is 4.58. The summed E-state index contributed by atoms with van der Waals surface area (Å²) in [7, 11) is 1.85. The lowest BCUT2D eigenvalue weighted by Crippen LogP contribution is -2.53. The summed E-state index contributed by atoms with van der Waals surface area (Å²) in [6, 6.07) is 4.91. The van der Waals surface area contributed by atoms with E-state index >= 15 is 0 Å². The lowest BCUT2D eigenvalue weighted by Gasteiger charge is -2.37. The molecule has 4 rings (SSSR count). The van der Waals surface area contributed by atoms with Crippen LogP contribution in [0.25, 0.3) is 10.9 Å². The van der Waals surface area contributed by atoms with E-state index < -0.39 is 0 Å². The first-order chi connectivity index (χ1) is 13.7. The number of hydrogen-bond donors (Lipinski definition) is 2. The van der Waals surface area contributed by atoms with Gasteiger partial charge in [-0.2, -0.15) is 0 Å². The van der Waals surface area contributed by atoms with Crippen molar-refractivity contribution in [2.24, 2.45) is 10.9 Å². The topological polar surface area (TPSA) is 55.9 Å². The first kappa shape index (κ1) is 19.2. The van der Waals surface area contributed by atoms with Crippen molar-refractivity contribution < 1.29 is 9.13 Å². The van der Waals surface area contributed by atoms with E-state index in [4.69, 9.17) is 4.74 Å². The van der Waals surface area contributed by atoms with E-state index in [0.29, 0.717) is 5.92 Å². The molecule has 0 bridgehead atoms. The van der Waals surface area contributed by atoms with Crippen LogP contribution in [-0.2, 0) is 11.2 Å². The van der Waals surface area contributed by atoms with E-state index in [9.17, 15) is 4.39 Å². The largest absolute Gasteiger partial charge is 0.381 e. The Morgan fingerprint density at radius 3 is 2.93 bits per heavy atom. The van der Waals surface area contributed by atoms with Crippen LogP contribution in [0.4, 0.5) is 4.39 Å². The third-order valence-electron chi connectivity index (χ3n) is 5.83. The zero-order chi connectivity index (χ0) is 19.3. The minimum Gasteiger partial charge on any atom is -0.381 e. The molecular weight excluding hydrogens is 357 g/mol. The number of ether oxygens (including phenoxy) is 1. The molecule has 6 nitrogen and oxygen atoms in total. The molecule has 152 valence electrons. The number of halogens is 1. The number of nitrogens with one attached hydrogen (secondary N) is 2. The maximum absolute atomic E-state index is 13.3. The summed E-state index contributed by atoms with van der Waals surface area (Å²) in [5.41, 5.74) is 2.05. The highest BCUT2D eigenvalue weighted by Gasteiger charge is 2.23. The summed E-state index contributed by atoms with van der Waals surface area (Å²) in [4.78, 5) is 12.5. The zero-order valence-electron chi connectivity index (χ0n) is 16.6. The Kier molecular flexibility index (Phi) is 6.12. The monoisotopic (exact) mass is 387 g/mol. The Balaban J connectivity index is 1.24. The van der Waals surface area contributed by atoms with Gasteiger partial charge in [-0.25, -0.2) is 4.39 Å². The highest BCUT2D eigenvalue weighted by molar-refractivity contribution is 5.83. The molecule has 0 amide bonds. The van der Waals surface area contributed by atoms with E-state index in [1.165, 1.54) is 18.1 Å². The number of aromatic nitrogens is 1. The molecule has 1 aromatic carbocycles. The summed E-state index contributed by atoms with van der Waals surface area (Å²) < 4.78 is 18.8. The van der Waals surface area contributed by atoms with Crippen LogP contribution in [0.3, 0.4) is 0 Å². The highest BCUT2D eigenvalue weighted by atomic mass is 19.1. The van der Waals surface area contributed by atoms with E-state index in [0.717, 1.165) is 75.8 Å². The van der Waals surface area contributed by atoms with Crippen molar-refractivity contribution in [1.29, 1.82) is 0 Å². The average Bonchev–Trinajstić information content (AvgIpc) is 3.36. The van der Waals surface area contributed by atoms with E-state index in [2.05, 4.69) is 25.1 Å². The van der Waals surface area contributed by atoms with Crippen molar-refractivity contribution in [1.82, 2.24) is 20.1 Å². The third kappa shape index (κ3) is 4.47. The average molecular weight is 388 g/mol. The fraction of sp³-hybridized carbons (Fsp3) is 0.571. The minimum atomic E-state index is -0.209. The number of rotatable bonds is 5. The molecule has 28 heavy (non-hydrogen) atoms. The molecule has 1 aromatic heterocycles. The predicted octanol–water partition coefficient (Wildman–Crippen LogP) is 2.08. The number of fused-ring (bicyclic) bond motifs is 1. The van der Waals surface area contributed by atoms with Crippen molar-refractivity contribution in [3.8, 4) is 0 Å². The number of piperazine rings is 1. The molecule has 2 aliphatic heterocycles. The molecule has 7 heteroatoms. The summed E-state index contributed by atoms with van der Waals surface area (Å²) in [6.07, 6.45) is 4.04. The summed E-state index contributed by atoms with van der Waals surface area (Å²) in [6.45, 7) is 7.95. The van der Waals surface area contributed by atoms with Crippen LogP contribution in [0, 0.1) is 11.7 Å². The number of H-pyrrole nitrogens is 1. The molecule has 0 aliphatic carbocycles. The number of guanidine groups is 1. The van der Waals surface area contributed by atoms with Gasteiger partial charge in [-0.3, -0.25) is 9.89 Å². The quantitative estimate of drug-likeness (QED) is 0.609. The van der Waals surface area contributed by atoms with Gasteiger partial charge in [0.15, 0.2) is 5.96 Å². The number of aliphatic imine (C=N–C) groups is 1. The number of benzene rings is 1.